The van der Waals surface area contributed by atoms with Crippen molar-refractivity contribution in [3.8, 4) is 16.4 Å². The van der Waals surface area contributed by atoms with E-state index in [0.29, 0.717) is 11.4 Å². The summed E-state index contributed by atoms with van der Waals surface area (Å²) in [4.78, 5) is 9.61. The van der Waals surface area contributed by atoms with Gasteiger partial charge in [-0.05, 0) is 54.1 Å². The molecule has 0 unspecified atom stereocenters. The van der Waals surface area contributed by atoms with E-state index < -0.39 is 0 Å². The Balaban J connectivity index is 1.61. The van der Waals surface area contributed by atoms with Gasteiger partial charge in [-0.1, -0.05) is 35.9 Å². The summed E-state index contributed by atoms with van der Waals surface area (Å²) in [7, 11) is 0. The smallest absolute Gasteiger partial charge is 0.144 e. The molecule has 0 aliphatic rings. The van der Waals surface area contributed by atoms with E-state index in [-0.39, 0.29) is 5.82 Å². The summed E-state index contributed by atoms with van der Waals surface area (Å²) < 4.78 is 16.5. The van der Waals surface area contributed by atoms with E-state index in [9.17, 15) is 4.39 Å². The van der Waals surface area contributed by atoms with Crippen LogP contribution in [0.15, 0.2) is 79.0 Å². The third-order valence-corrected chi connectivity index (χ3v) is 5.98. The predicted molar refractivity (Wildman–Crippen MR) is 116 cm³/mol. The number of hydrogen-bond acceptors (Lipinski definition) is 3. The lowest BCUT2D eigenvalue weighted by atomic mass is 10.1. The van der Waals surface area contributed by atoms with Crippen LogP contribution in [0, 0.1) is 5.82 Å². The third kappa shape index (κ3) is 3.67. The summed E-state index contributed by atoms with van der Waals surface area (Å²) in [5.41, 5.74) is 3.74. The van der Waals surface area contributed by atoms with E-state index in [0.717, 1.165) is 38.0 Å². The third-order valence-electron chi connectivity index (χ3n) is 4.67. The molecule has 6 heteroatoms. The Morgan fingerprint density at radius 2 is 1.66 bits per heavy atom. The summed E-state index contributed by atoms with van der Waals surface area (Å²) >= 11 is 7.68. The van der Waals surface area contributed by atoms with Crippen molar-refractivity contribution in [2.24, 2.45) is 0 Å². The quantitative estimate of drug-likeness (QED) is 0.331. The summed E-state index contributed by atoms with van der Waals surface area (Å²) in [6.45, 7) is 0. The van der Waals surface area contributed by atoms with E-state index in [1.54, 1.807) is 23.5 Å². The van der Waals surface area contributed by atoms with E-state index in [1.165, 1.54) is 12.1 Å². The maximum absolute atomic E-state index is 13.3. The number of halogens is 2. The van der Waals surface area contributed by atoms with Crippen molar-refractivity contribution >= 4 is 33.2 Å². The number of rotatable bonds is 4. The van der Waals surface area contributed by atoms with Gasteiger partial charge in [0.15, 0.2) is 0 Å². The maximum atomic E-state index is 13.3. The molecule has 0 aliphatic carbocycles. The topological polar surface area (TPSA) is 30.7 Å². The van der Waals surface area contributed by atoms with Gasteiger partial charge >= 0.3 is 0 Å². The lowest BCUT2D eigenvalue weighted by Crippen LogP contribution is -2.01. The molecule has 29 heavy (non-hydrogen) atoms. The number of fused-ring (bicyclic) bond motifs is 1. The molecule has 142 valence electrons. The number of hydrogen-bond donors (Lipinski definition) is 0. The van der Waals surface area contributed by atoms with Crippen molar-refractivity contribution in [3.05, 3.63) is 101 Å². The van der Waals surface area contributed by atoms with Crippen LogP contribution in [0.2, 0.25) is 5.02 Å². The first-order chi connectivity index (χ1) is 14.2. The normalized spacial score (nSPS) is 11.2. The molecule has 0 saturated heterocycles. The largest absolute Gasteiger partial charge is 0.303 e. The van der Waals surface area contributed by atoms with Crippen LogP contribution in [-0.4, -0.2) is 14.5 Å². The molecule has 3 aromatic carbocycles. The monoisotopic (exact) mass is 419 g/mol. The molecule has 2 heterocycles. The minimum absolute atomic E-state index is 0.245. The van der Waals surface area contributed by atoms with E-state index >= 15 is 0 Å². The minimum Gasteiger partial charge on any atom is -0.303 e. The number of nitrogens with zero attached hydrogens (tertiary/aromatic N) is 3. The molecule has 0 fully saturated rings. The summed E-state index contributed by atoms with van der Waals surface area (Å²) in [5, 5.41) is 1.56. The average Bonchev–Trinajstić information content (AvgIpc) is 3.34. The Hall–Kier alpha value is -3.02. The molecule has 3 nitrogen and oxygen atoms in total. The van der Waals surface area contributed by atoms with E-state index in [1.807, 2.05) is 53.2 Å². The molecule has 0 amide bonds. The van der Waals surface area contributed by atoms with Gasteiger partial charge in [0.1, 0.15) is 22.3 Å². The molecule has 5 aromatic rings. The Kier molecular flexibility index (Phi) is 4.62. The molecule has 5 rings (SSSR count). The second kappa shape index (κ2) is 7.43. The fraction of sp³-hybridized carbons (Fsp3) is 0.0435. The second-order valence-corrected chi connectivity index (χ2v) is 8.15. The van der Waals surface area contributed by atoms with Crippen LogP contribution >= 0.6 is 22.9 Å². The second-order valence-electron chi connectivity index (χ2n) is 6.68. The van der Waals surface area contributed by atoms with Crippen LogP contribution in [-0.2, 0) is 6.42 Å². The van der Waals surface area contributed by atoms with Gasteiger partial charge in [0.25, 0.3) is 0 Å². The van der Waals surface area contributed by atoms with Gasteiger partial charge in [-0.15, -0.1) is 11.3 Å². The zero-order valence-electron chi connectivity index (χ0n) is 15.2. The van der Waals surface area contributed by atoms with Crippen LogP contribution in [0.25, 0.3) is 26.6 Å². The fourth-order valence-corrected chi connectivity index (χ4v) is 4.28. The molecule has 0 radical (unpaired) electrons. The number of benzene rings is 3. The molecule has 2 aromatic heterocycles. The van der Waals surface area contributed by atoms with Gasteiger partial charge in [-0.2, -0.15) is 0 Å². The molecule has 0 atom stereocenters. The molecule has 0 spiro atoms. The van der Waals surface area contributed by atoms with Crippen molar-refractivity contribution in [3.63, 3.8) is 0 Å². The van der Waals surface area contributed by atoms with Crippen LogP contribution in [0.4, 0.5) is 4.39 Å². The lowest BCUT2D eigenvalue weighted by Gasteiger charge is -2.08. The Labute approximate surface area is 176 Å². The SMILES string of the molecule is Fc1ccc(Cc2nc(-c3nc4ccccc4s3)cn2-c2ccc(Cl)cc2)cc1. The van der Waals surface area contributed by atoms with E-state index in [2.05, 4.69) is 6.07 Å². The van der Waals surface area contributed by atoms with Gasteiger partial charge in [0, 0.05) is 23.3 Å². The molecule has 0 saturated carbocycles. The highest BCUT2D eigenvalue weighted by atomic mass is 35.5. The fourth-order valence-electron chi connectivity index (χ4n) is 3.24. The zero-order valence-corrected chi connectivity index (χ0v) is 16.8. The summed E-state index contributed by atoms with van der Waals surface area (Å²) in [6.07, 6.45) is 2.58. The Morgan fingerprint density at radius 3 is 2.41 bits per heavy atom. The molecular weight excluding hydrogens is 405 g/mol. The molecule has 0 aliphatic heterocycles. The zero-order chi connectivity index (χ0) is 19.8. The van der Waals surface area contributed by atoms with Gasteiger partial charge in [0.05, 0.1) is 10.2 Å². The highest BCUT2D eigenvalue weighted by Crippen LogP contribution is 2.31. The number of aromatic nitrogens is 3. The highest BCUT2D eigenvalue weighted by Gasteiger charge is 2.15. The molecule has 0 N–H and O–H groups in total. The van der Waals surface area contributed by atoms with Gasteiger partial charge in [0.2, 0.25) is 0 Å². The minimum atomic E-state index is -0.245. The van der Waals surface area contributed by atoms with Crippen molar-refractivity contribution < 1.29 is 4.39 Å². The predicted octanol–water partition coefficient (Wildman–Crippen LogP) is 6.53. The molecular formula is C23H15ClFN3S. The van der Waals surface area contributed by atoms with Crippen LogP contribution in [0.1, 0.15) is 11.4 Å². The first-order valence-corrected chi connectivity index (χ1v) is 10.3. The Bertz CT molecular complexity index is 1260. The first-order valence-electron chi connectivity index (χ1n) is 9.10. The first kappa shape index (κ1) is 18.0. The van der Waals surface area contributed by atoms with Crippen LogP contribution in [0.3, 0.4) is 0 Å². The number of para-hydroxylation sites is 1. The van der Waals surface area contributed by atoms with Gasteiger partial charge in [-0.25, -0.2) is 14.4 Å². The average molecular weight is 420 g/mol. The number of imidazole rings is 1. The summed E-state index contributed by atoms with van der Waals surface area (Å²) in [5.74, 6) is 0.609. The standard InChI is InChI=1S/C23H15ClFN3S/c24-16-7-11-18(12-8-16)28-14-20(23-27-19-3-1-2-4-21(19)29-23)26-22(28)13-15-5-9-17(25)10-6-15/h1-12,14H,13H2. The van der Waals surface area contributed by atoms with Crippen LogP contribution < -0.4 is 0 Å². The van der Waals surface area contributed by atoms with Crippen LogP contribution in [0.5, 0.6) is 0 Å². The van der Waals surface area contributed by atoms with Gasteiger partial charge < -0.3 is 4.57 Å². The van der Waals surface area contributed by atoms with Crippen molar-refractivity contribution in [1.82, 2.24) is 14.5 Å². The Morgan fingerprint density at radius 1 is 0.897 bits per heavy atom. The summed E-state index contributed by atoms with van der Waals surface area (Å²) in [6, 6.07) is 22.2. The highest BCUT2D eigenvalue weighted by molar-refractivity contribution is 7.21. The van der Waals surface area contributed by atoms with Crippen molar-refractivity contribution in [1.29, 1.82) is 0 Å². The van der Waals surface area contributed by atoms with Gasteiger partial charge in [-0.3, -0.25) is 0 Å². The molecule has 0 bridgehead atoms. The lowest BCUT2D eigenvalue weighted by molar-refractivity contribution is 0.627. The maximum Gasteiger partial charge on any atom is 0.144 e. The van der Waals surface area contributed by atoms with Crippen molar-refractivity contribution in [2.75, 3.05) is 0 Å². The van der Waals surface area contributed by atoms with Crippen molar-refractivity contribution in [2.45, 2.75) is 6.42 Å². The number of thiazole rings is 1. The van der Waals surface area contributed by atoms with E-state index in [4.69, 9.17) is 21.6 Å².